The molecule has 0 aliphatic carbocycles. The number of anilines is 1. The average molecular weight is 313 g/mol. The minimum absolute atomic E-state index is 0. The fourth-order valence-electron chi connectivity index (χ4n) is 1.62. The van der Waals surface area contributed by atoms with Crippen LogP contribution in [-0.2, 0) is 0 Å². The largest absolute Gasteiger partial charge is 0.497 e. The van der Waals surface area contributed by atoms with Crippen molar-refractivity contribution in [2.75, 3.05) is 12.1 Å². The van der Waals surface area contributed by atoms with Crippen LogP contribution < -0.4 is 15.6 Å². The summed E-state index contributed by atoms with van der Waals surface area (Å²) in [6.45, 7) is 0. The number of halogens is 2. The van der Waals surface area contributed by atoms with Gasteiger partial charge in [0.1, 0.15) is 5.75 Å². The number of hydrogen-bond donors (Lipinski definition) is 1. The van der Waals surface area contributed by atoms with Crippen LogP contribution >= 0.6 is 24.0 Å². The Morgan fingerprint density at radius 2 is 1.85 bits per heavy atom. The fourth-order valence-corrected chi connectivity index (χ4v) is 1.81. The Balaban J connectivity index is 0.00000200. The normalized spacial score (nSPS) is 9.55. The third-order valence-corrected chi connectivity index (χ3v) is 2.88. The first-order chi connectivity index (χ1) is 9.11. The number of ether oxygens (including phenoxy) is 1. The van der Waals surface area contributed by atoms with E-state index < -0.39 is 0 Å². The first kappa shape index (κ1) is 16.3. The van der Waals surface area contributed by atoms with Crippen molar-refractivity contribution in [2.24, 2.45) is 5.84 Å². The molecule has 6 heteroatoms. The second-order valence-corrected chi connectivity index (χ2v) is 4.32. The van der Waals surface area contributed by atoms with E-state index in [-0.39, 0.29) is 18.3 Å². The molecule has 1 amide bonds. The van der Waals surface area contributed by atoms with E-state index in [1.54, 1.807) is 55.6 Å². The molecule has 2 aromatic rings. The van der Waals surface area contributed by atoms with Gasteiger partial charge < -0.3 is 4.74 Å². The Labute approximate surface area is 128 Å². The summed E-state index contributed by atoms with van der Waals surface area (Å²) >= 11 is 5.85. The van der Waals surface area contributed by atoms with Crippen molar-refractivity contribution in [1.82, 2.24) is 0 Å². The summed E-state index contributed by atoms with van der Waals surface area (Å²) in [6, 6.07) is 13.5. The van der Waals surface area contributed by atoms with Crippen molar-refractivity contribution in [3.63, 3.8) is 0 Å². The van der Waals surface area contributed by atoms with Crippen LogP contribution in [0.5, 0.6) is 5.75 Å². The summed E-state index contributed by atoms with van der Waals surface area (Å²) in [7, 11) is 1.58. The molecule has 2 rings (SSSR count). The van der Waals surface area contributed by atoms with Gasteiger partial charge in [-0.3, -0.25) is 4.79 Å². The zero-order valence-electron chi connectivity index (χ0n) is 10.7. The standard InChI is InChI=1S/C14H13ClN2O2.ClH/c1-19-13-7-5-12(6-8-13)17(16)14(18)10-3-2-4-11(15)9-10;/h2-9H,16H2,1H3;1H. The predicted octanol–water partition coefficient (Wildman–Crippen LogP) is 3.29. The highest BCUT2D eigenvalue weighted by atomic mass is 35.5. The van der Waals surface area contributed by atoms with Crippen molar-refractivity contribution in [3.8, 4) is 5.75 Å². The van der Waals surface area contributed by atoms with Crippen molar-refractivity contribution in [2.45, 2.75) is 0 Å². The third kappa shape index (κ3) is 3.63. The van der Waals surface area contributed by atoms with E-state index in [0.29, 0.717) is 22.0 Å². The van der Waals surface area contributed by atoms with Gasteiger partial charge in [-0.25, -0.2) is 10.9 Å². The van der Waals surface area contributed by atoms with E-state index in [2.05, 4.69) is 0 Å². The molecule has 2 aromatic carbocycles. The summed E-state index contributed by atoms with van der Waals surface area (Å²) in [6.07, 6.45) is 0. The summed E-state index contributed by atoms with van der Waals surface area (Å²) in [4.78, 5) is 12.2. The van der Waals surface area contributed by atoms with E-state index in [1.165, 1.54) is 0 Å². The molecule has 4 nitrogen and oxygen atoms in total. The topological polar surface area (TPSA) is 55.6 Å². The molecule has 0 fully saturated rings. The molecular formula is C14H14Cl2N2O2. The molecule has 0 aliphatic heterocycles. The van der Waals surface area contributed by atoms with Gasteiger partial charge in [-0.15, -0.1) is 12.4 Å². The zero-order valence-corrected chi connectivity index (χ0v) is 12.3. The molecule has 0 spiro atoms. The van der Waals surface area contributed by atoms with Crippen molar-refractivity contribution in [3.05, 3.63) is 59.1 Å². The van der Waals surface area contributed by atoms with Gasteiger partial charge in [0, 0.05) is 10.6 Å². The molecular weight excluding hydrogens is 299 g/mol. The highest BCUT2D eigenvalue weighted by molar-refractivity contribution is 6.31. The van der Waals surface area contributed by atoms with Gasteiger partial charge in [-0.05, 0) is 42.5 Å². The molecule has 0 saturated carbocycles. The van der Waals surface area contributed by atoms with E-state index in [0.717, 1.165) is 5.01 Å². The number of methoxy groups -OCH3 is 1. The Kier molecular flexibility index (Phi) is 5.82. The summed E-state index contributed by atoms with van der Waals surface area (Å²) in [5.74, 6) is 6.19. The number of nitrogens with two attached hydrogens (primary N) is 1. The van der Waals surface area contributed by atoms with Gasteiger partial charge in [0.25, 0.3) is 5.91 Å². The fraction of sp³-hybridized carbons (Fsp3) is 0.0714. The zero-order chi connectivity index (χ0) is 13.8. The van der Waals surface area contributed by atoms with Gasteiger partial charge in [-0.2, -0.15) is 0 Å². The molecule has 0 heterocycles. The van der Waals surface area contributed by atoms with Gasteiger partial charge in [0.2, 0.25) is 0 Å². The SMILES string of the molecule is COc1ccc(N(N)C(=O)c2cccc(Cl)c2)cc1.Cl. The molecule has 20 heavy (non-hydrogen) atoms. The number of carbonyl (C=O) groups is 1. The average Bonchev–Trinajstić information content (AvgIpc) is 2.46. The van der Waals surface area contributed by atoms with Crippen LogP contribution in [-0.4, -0.2) is 13.0 Å². The Morgan fingerprint density at radius 3 is 2.40 bits per heavy atom. The highest BCUT2D eigenvalue weighted by Gasteiger charge is 2.14. The van der Waals surface area contributed by atoms with Gasteiger partial charge in [0.05, 0.1) is 12.8 Å². The van der Waals surface area contributed by atoms with E-state index in [1.807, 2.05) is 0 Å². The summed E-state index contributed by atoms with van der Waals surface area (Å²) < 4.78 is 5.05. The van der Waals surface area contributed by atoms with Gasteiger partial charge in [0.15, 0.2) is 0 Å². The predicted molar refractivity (Wildman–Crippen MR) is 82.7 cm³/mol. The minimum Gasteiger partial charge on any atom is -0.497 e. The molecule has 0 bridgehead atoms. The molecule has 106 valence electrons. The van der Waals surface area contributed by atoms with Crippen LogP contribution in [0.25, 0.3) is 0 Å². The molecule has 0 radical (unpaired) electrons. The van der Waals surface area contributed by atoms with Crippen molar-refractivity contribution < 1.29 is 9.53 Å². The first-order valence-electron chi connectivity index (χ1n) is 5.60. The third-order valence-electron chi connectivity index (χ3n) is 2.64. The Morgan fingerprint density at radius 1 is 1.20 bits per heavy atom. The Bertz CT molecular complexity index is 588. The van der Waals surface area contributed by atoms with Crippen LogP contribution in [0.2, 0.25) is 5.02 Å². The molecule has 0 aromatic heterocycles. The minimum atomic E-state index is -0.326. The lowest BCUT2D eigenvalue weighted by Gasteiger charge is -2.17. The summed E-state index contributed by atoms with van der Waals surface area (Å²) in [5, 5.41) is 1.57. The second kappa shape index (κ2) is 7.14. The molecule has 0 unspecified atom stereocenters. The van der Waals surface area contributed by atoms with Crippen LogP contribution in [0.1, 0.15) is 10.4 Å². The quantitative estimate of drug-likeness (QED) is 0.537. The highest BCUT2D eigenvalue weighted by Crippen LogP contribution is 2.19. The number of hydrogen-bond acceptors (Lipinski definition) is 3. The second-order valence-electron chi connectivity index (χ2n) is 3.88. The number of rotatable bonds is 3. The number of benzene rings is 2. The maximum atomic E-state index is 12.2. The number of carbonyl (C=O) groups excluding carboxylic acids is 1. The summed E-state index contributed by atoms with van der Waals surface area (Å²) in [5.41, 5.74) is 1.01. The van der Waals surface area contributed by atoms with Crippen LogP contribution in [0.4, 0.5) is 5.69 Å². The number of nitrogens with zero attached hydrogens (tertiary/aromatic N) is 1. The molecule has 0 atom stereocenters. The van der Waals surface area contributed by atoms with Gasteiger partial charge in [-0.1, -0.05) is 17.7 Å². The van der Waals surface area contributed by atoms with Crippen molar-refractivity contribution >= 4 is 35.6 Å². The lowest BCUT2D eigenvalue weighted by molar-refractivity contribution is 0.0987. The van der Waals surface area contributed by atoms with Crippen LogP contribution in [0.15, 0.2) is 48.5 Å². The molecule has 0 aliphatic rings. The lowest BCUT2D eigenvalue weighted by Crippen LogP contribution is -2.37. The smallest absolute Gasteiger partial charge is 0.272 e. The van der Waals surface area contributed by atoms with Crippen LogP contribution in [0.3, 0.4) is 0 Å². The first-order valence-corrected chi connectivity index (χ1v) is 5.98. The van der Waals surface area contributed by atoms with Crippen LogP contribution in [0, 0.1) is 0 Å². The number of amides is 1. The maximum absolute atomic E-state index is 12.2. The Hall–Kier alpha value is -1.75. The van der Waals surface area contributed by atoms with E-state index >= 15 is 0 Å². The monoisotopic (exact) mass is 312 g/mol. The lowest BCUT2D eigenvalue weighted by atomic mass is 10.2. The molecule has 2 N–H and O–H groups in total. The van der Waals surface area contributed by atoms with Crippen molar-refractivity contribution in [1.29, 1.82) is 0 Å². The van der Waals surface area contributed by atoms with Gasteiger partial charge >= 0.3 is 0 Å². The van der Waals surface area contributed by atoms with E-state index in [4.69, 9.17) is 22.2 Å². The molecule has 0 saturated heterocycles. The maximum Gasteiger partial charge on any atom is 0.272 e. The number of hydrazine groups is 1. The van der Waals surface area contributed by atoms with E-state index in [9.17, 15) is 4.79 Å².